The van der Waals surface area contributed by atoms with E-state index in [9.17, 15) is 4.79 Å². The van der Waals surface area contributed by atoms with E-state index in [0.717, 1.165) is 10.4 Å². The van der Waals surface area contributed by atoms with Crippen molar-refractivity contribution in [1.29, 1.82) is 5.26 Å². The summed E-state index contributed by atoms with van der Waals surface area (Å²) < 4.78 is 0. The van der Waals surface area contributed by atoms with Crippen molar-refractivity contribution in [3.63, 3.8) is 0 Å². The monoisotopic (exact) mass is 353 g/mol. The van der Waals surface area contributed by atoms with Crippen LogP contribution in [0.15, 0.2) is 54.7 Å². The van der Waals surface area contributed by atoms with Crippen LogP contribution in [0.3, 0.4) is 0 Å². The maximum atomic E-state index is 12.2. The lowest BCUT2D eigenvalue weighted by Gasteiger charge is -2.02. The molecule has 1 aromatic heterocycles. The molecular formula is C18H12ClN3OS. The Kier molecular flexibility index (Phi) is 4.90. The highest BCUT2D eigenvalue weighted by Gasteiger charge is 2.10. The van der Waals surface area contributed by atoms with Gasteiger partial charge in [0.25, 0.3) is 5.91 Å². The van der Waals surface area contributed by atoms with Crippen molar-refractivity contribution in [2.45, 2.75) is 6.42 Å². The zero-order chi connectivity index (χ0) is 16.9. The number of nitrogens with one attached hydrogen (secondary N) is 1. The third-order valence-corrected chi connectivity index (χ3v) is 4.44. The van der Waals surface area contributed by atoms with Crippen LogP contribution in [0.2, 0.25) is 5.02 Å². The molecule has 0 saturated heterocycles. The molecule has 0 aliphatic rings. The average molecular weight is 354 g/mol. The van der Waals surface area contributed by atoms with E-state index in [1.54, 1.807) is 30.5 Å². The maximum absolute atomic E-state index is 12.2. The van der Waals surface area contributed by atoms with Crippen LogP contribution in [-0.2, 0) is 6.42 Å². The summed E-state index contributed by atoms with van der Waals surface area (Å²) in [5, 5.41) is 12.9. The molecule has 6 heteroatoms. The van der Waals surface area contributed by atoms with Crippen molar-refractivity contribution in [2.75, 3.05) is 5.32 Å². The average Bonchev–Trinajstić information content (AvgIpc) is 3.01. The molecule has 1 heterocycles. The van der Waals surface area contributed by atoms with Gasteiger partial charge in [0.05, 0.1) is 11.6 Å². The number of thiazole rings is 1. The third kappa shape index (κ3) is 3.99. The maximum Gasteiger partial charge on any atom is 0.257 e. The Labute approximate surface area is 148 Å². The minimum absolute atomic E-state index is 0.282. The molecule has 2 aromatic carbocycles. The van der Waals surface area contributed by atoms with E-state index in [1.165, 1.54) is 11.3 Å². The van der Waals surface area contributed by atoms with Gasteiger partial charge in [0.15, 0.2) is 5.13 Å². The lowest BCUT2D eigenvalue weighted by atomic mass is 10.1. The Morgan fingerprint density at radius 2 is 2.08 bits per heavy atom. The van der Waals surface area contributed by atoms with Gasteiger partial charge in [0.2, 0.25) is 0 Å². The van der Waals surface area contributed by atoms with Crippen molar-refractivity contribution in [1.82, 2.24) is 4.98 Å². The first-order valence-corrected chi connectivity index (χ1v) is 8.34. The second-order valence-corrected chi connectivity index (χ2v) is 6.64. The Balaban J connectivity index is 1.69. The number of halogens is 1. The van der Waals surface area contributed by atoms with E-state index in [2.05, 4.69) is 10.3 Å². The zero-order valence-corrected chi connectivity index (χ0v) is 14.1. The van der Waals surface area contributed by atoms with Crippen LogP contribution in [-0.4, -0.2) is 10.9 Å². The van der Waals surface area contributed by atoms with Gasteiger partial charge in [-0.15, -0.1) is 11.3 Å². The van der Waals surface area contributed by atoms with E-state index >= 15 is 0 Å². The third-order valence-electron chi connectivity index (χ3n) is 3.30. The molecule has 0 saturated carbocycles. The summed E-state index contributed by atoms with van der Waals surface area (Å²) in [5.74, 6) is -0.282. The van der Waals surface area contributed by atoms with Crippen molar-refractivity contribution in [2.24, 2.45) is 0 Å². The summed E-state index contributed by atoms with van der Waals surface area (Å²) in [6, 6.07) is 16.2. The Morgan fingerprint density at radius 1 is 1.25 bits per heavy atom. The number of rotatable bonds is 4. The van der Waals surface area contributed by atoms with E-state index in [0.29, 0.717) is 27.7 Å². The van der Waals surface area contributed by atoms with Crippen LogP contribution in [0.1, 0.15) is 26.4 Å². The Morgan fingerprint density at radius 3 is 2.88 bits per heavy atom. The van der Waals surface area contributed by atoms with Crippen molar-refractivity contribution in [3.05, 3.63) is 81.3 Å². The number of carbonyl (C=O) groups excluding carboxylic acids is 1. The lowest BCUT2D eigenvalue weighted by molar-refractivity contribution is 0.102. The van der Waals surface area contributed by atoms with Gasteiger partial charge in [-0.3, -0.25) is 10.1 Å². The number of carbonyl (C=O) groups is 1. The van der Waals surface area contributed by atoms with Gasteiger partial charge in [-0.1, -0.05) is 29.8 Å². The van der Waals surface area contributed by atoms with Crippen LogP contribution in [0.5, 0.6) is 0 Å². The van der Waals surface area contributed by atoms with Crippen LogP contribution in [0.4, 0.5) is 5.13 Å². The van der Waals surface area contributed by atoms with Crippen LogP contribution in [0.25, 0.3) is 0 Å². The van der Waals surface area contributed by atoms with E-state index in [-0.39, 0.29) is 5.91 Å². The minimum Gasteiger partial charge on any atom is -0.298 e. The first-order chi connectivity index (χ1) is 11.6. The summed E-state index contributed by atoms with van der Waals surface area (Å²) >= 11 is 7.40. The van der Waals surface area contributed by atoms with Crippen LogP contribution >= 0.6 is 22.9 Å². The number of amides is 1. The number of nitrogens with zero attached hydrogens (tertiary/aromatic N) is 2. The van der Waals surface area contributed by atoms with Crippen molar-refractivity contribution >= 4 is 34.0 Å². The van der Waals surface area contributed by atoms with Gasteiger partial charge in [-0.05, 0) is 35.9 Å². The fraction of sp³-hybridized carbons (Fsp3) is 0.0556. The minimum atomic E-state index is -0.282. The molecule has 0 spiro atoms. The normalized spacial score (nSPS) is 10.2. The highest BCUT2D eigenvalue weighted by atomic mass is 35.5. The quantitative estimate of drug-likeness (QED) is 0.750. The highest BCUT2D eigenvalue weighted by molar-refractivity contribution is 7.15. The number of hydrogen-bond donors (Lipinski definition) is 1. The largest absolute Gasteiger partial charge is 0.298 e. The van der Waals surface area contributed by atoms with Crippen LogP contribution < -0.4 is 5.32 Å². The first kappa shape index (κ1) is 16.2. The summed E-state index contributed by atoms with van der Waals surface area (Å²) in [6.07, 6.45) is 2.45. The number of anilines is 1. The summed E-state index contributed by atoms with van der Waals surface area (Å²) in [6.45, 7) is 0. The predicted molar refractivity (Wildman–Crippen MR) is 95.5 cm³/mol. The Hall–Kier alpha value is -2.68. The molecule has 24 heavy (non-hydrogen) atoms. The number of nitriles is 1. The van der Waals surface area contributed by atoms with E-state index in [4.69, 9.17) is 16.9 Å². The molecule has 0 atom stereocenters. The zero-order valence-electron chi connectivity index (χ0n) is 12.5. The van der Waals surface area contributed by atoms with Gasteiger partial charge in [0.1, 0.15) is 0 Å². The smallest absolute Gasteiger partial charge is 0.257 e. The molecular weight excluding hydrogens is 342 g/mol. The molecule has 0 aliphatic carbocycles. The Bertz CT molecular complexity index is 930. The van der Waals surface area contributed by atoms with Crippen LogP contribution in [0, 0.1) is 11.3 Å². The summed E-state index contributed by atoms with van der Waals surface area (Å²) in [4.78, 5) is 17.5. The first-order valence-electron chi connectivity index (χ1n) is 7.15. The molecule has 4 nitrogen and oxygen atoms in total. The topological polar surface area (TPSA) is 65.8 Å². The van der Waals surface area contributed by atoms with E-state index in [1.807, 2.05) is 30.3 Å². The molecule has 0 radical (unpaired) electrons. The second kappa shape index (κ2) is 7.26. The molecule has 1 amide bonds. The second-order valence-electron chi connectivity index (χ2n) is 5.09. The molecule has 1 N–H and O–H groups in total. The fourth-order valence-corrected chi connectivity index (χ4v) is 3.25. The highest BCUT2D eigenvalue weighted by Crippen LogP contribution is 2.23. The van der Waals surface area contributed by atoms with Crippen molar-refractivity contribution in [3.8, 4) is 6.07 Å². The van der Waals surface area contributed by atoms with Gasteiger partial charge in [-0.2, -0.15) is 5.26 Å². The van der Waals surface area contributed by atoms with Gasteiger partial charge < -0.3 is 0 Å². The molecule has 0 aliphatic heterocycles. The molecule has 3 rings (SSSR count). The van der Waals surface area contributed by atoms with Gasteiger partial charge >= 0.3 is 0 Å². The summed E-state index contributed by atoms with van der Waals surface area (Å²) in [5.41, 5.74) is 1.97. The number of hydrogen-bond acceptors (Lipinski definition) is 4. The predicted octanol–water partition coefficient (Wildman–Crippen LogP) is 4.51. The molecule has 0 fully saturated rings. The van der Waals surface area contributed by atoms with Gasteiger partial charge in [0, 0.05) is 28.1 Å². The summed E-state index contributed by atoms with van der Waals surface area (Å²) in [7, 11) is 0. The number of aromatic nitrogens is 1. The van der Waals surface area contributed by atoms with Gasteiger partial charge in [-0.25, -0.2) is 4.98 Å². The lowest BCUT2D eigenvalue weighted by Crippen LogP contribution is -2.11. The molecule has 0 bridgehead atoms. The molecule has 3 aromatic rings. The fourth-order valence-electron chi connectivity index (χ4n) is 2.19. The van der Waals surface area contributed by atoms with Crippen molar-refractivity contribution < 1.29 is 4.79 Å². The SMILES string of the molecule is N#Cc1cccc(C(=O)Nc2ncc(Cc3cccc(Cl)c3)s2)c1. The molecule has 0 unspecified atom stereocenters. The van der Waals surface area contributed by atoms with E-state index < -0.39 is 0 Å². The molecule has 118 valence electrons. The number of benzene rings is 2. The standard InChI is InChI=1S/C18H12ClN3OS/c19-15-6-2-3-12(8-15)9-16-11-21-18(24-16)22-17(23)14-5-1-4-13(7-14)10-20/h1-8,11H,9H2,(H,21,22,23).